The van der Waals surface area contributed by atoms with Gasteiger partial charge in [-0.05, 0) is 0 Å². The summed E-state index contributed by atoms with van der Waals surface area (Å²) in [5, 5.41) is 12.2. The van der Waals surface area contributed by atoms with Crippen LogP contribution in [0.1, 0.15) is 0 Å². The molecule has 3 heterocycles. The second kappa shape index (κ2) is 4.87. The third kappa shape index (κ3) is 2.23. The maximum atomic E-state index is 9.25. The van der Waals surface area contributed by atoms with Crippen LogP contribution in [0.5, 0.6) is 5.88 Å². The summed E-state index contributed by atoms with van der Waals surface area (Å²) >= 11 is 8.55. The van der Waals surface area contributed by atoms with Gasteiger partial charge in [0.05, 0.1) is 17.1 Å². The van der Waals surface area contributed by atoms with E-state index in [0.29, 0.717) is 5.15 Å². The molecule has 0 aromatic carbocycles. The SMILES string of the molecule is Oc1csc(N2CCN(c3nsnc3Cl)CC2)n1. The molecule has 6 nitrogen and oxygen atoms in total. The van der Waals surface area contributed by atoms with Crippen LogP contribution in [0.2, 0.25) is 5.15 Å². The molecule has 1 N–H and O–H groups in total. The predicted molar refractivity (Wildman–Crippen MR) is 73.1 cm³/mol. The lowest BCUT2D eigenvalue weighted by Gasteiger charge is -2.34. The van der Waals surface area contributed by atoms with E-state index in [1.165, 1.54) is 11.3 Å². The minimum absolute atomic E-state index is 0.0872. The van der Waals surface area contributed by atoms with Crippen LogP contribution in [-0.4, -0.2) is 45.0 Å². The first kappa shape index (κ1) is 11.9. The van der Waals surface area contributed by atoms with Gasteiger partial charge in [-0.3, -0.25) is 0 Å². The van der Waals surface area contributed by atoms with Crippen LogP contribution in [-0.2, 0) is 0 Å². The molecular formula is C9H10ClN5OS2. The molecule has 3 rings (SSSR count). The van der Waals surface area contributed by atoms with Crippen molar-refractivity contribution in [3.8, 4) is 5.88 Å². The lowest BCUT2D eigenvalue weighted by molar-refractivity contribution is 0.457. The smallest absolute Gasteiger partial charge is 0.223 e. The fraction of sp³-hybridized carbons (Fsp3) is 0.444. The van der Waals surface area contributed by atoms with E-state index in [0.717, 1.165) is 48.9 Å². The van der Waals surface area contributed by atoms with Crippen LogP contribution >= 0.6 is 34.7 Å². The van der Waals surface area contributed by atoms with E-state index in [2.05, 4.69) is 23.5 Å². The average Bonchev–Trinajstić information content (AvgIpc) is 2.98. The highest BCUT2D eigenvalue weighted by atomic mass is 35.5. The van der Waals surface area contributed by atoms with Gasteiger partial charge in [-0.25, -0.2) is 0 Å². The first-order valence-corrected chi connectivity index (χ1v) is 7.35. The van der Waals surface area contributed by atoms with Gasteiger partial charge in [-0.1, -0.05) is 11.6 Å². The highest BCUT2D eigenvalue weighted by Gasteiger charge is 2.22. The van der Waals surface area contributed by atoms with Crippen LogP contribution in [0, 0.1) is 0 Å². The molecule has 96 valence electrons. The van der Waals surface area contributed by atoms with Gasteiger partial charge in [-0.15, -0.1) is 11.3 Å². The van der Waals surface area contributed by atoms with E-state index >= 15 is 0 Å². The zero-order chi connectivity index (χ0) is 12.5. The summed E-state index contributed by atoms with van der Waals surface area (Å²) in [6.45, 7) is 3.32. The topological polar surface area (TPSA) is 65.4 Å². The van der Waals surface area contributed by atoms with Crippen LogP contribution in [0.4, 0.5) is 10.9 Å². The molecule has 0 saturated carbocycles. The van der Waals surface area contributed by atoms with Crippen molar-refractivity contribution in [2.75, 3.05) is 36.0 Å². The summed E-state index contributed by atoms with van der Waals surface area (Å²) in [4.78, 5) is 8.34. The number of thiazole rings is 1. The molecule has 2 aromatic heterocycles. The molecule has 0 spiro atoms. The number of halogens is 1. The van der Waals surface area contributed by atoms with Crippen molar-refractivity contribution >= 4 is 45.6 Å². The van der Waals surface area contributed by atoms with Gasteiger partial charge in [0.1, 0.15) is 0 Å². The molecule has 9 heteroatoms. The van der Waals surface area contributed by atoms with Crippen molar-refractivity contribution in [2.24, 2.45) is 0 Å². The summed E-state index contributed by atoms with van der Waals surface area (Å²) in [6.07, 6.45) is 0. The molecule has 1 fully saturated rings. The number of aromatic hydroxyl groups is 1. The Morgan fingerprint density at radius 2 is 1.89 bits per heavy atom. The van der Waals surface area contributed by atoms with E-state index < -0.39 is 0 Å². The predicted octanol–water partition coefficient (Wildman–Crippen LogP) is 1.68. The Balaban J connectivity index is 1.66. The molecule has 1 saturated heterocycles. The molecule has 2 aromatic rings. The quantitative estimate of drug-likeness (QED) is 0.910. The number of nitrogens with zero attached hydrogens (tertiary/aromatic N) is 5. The molecule has 0 aliphatic carbocycles. The fourth-order valence-electron chi connectivity index (χ4n) is 1.87. The summed E-state index contributed by atoms with van der Waals surface area (Å²) in [5.74, 6) is 0.854. The third-order valence-corrected chi connectivity index (χ3v) is 4.52. The Hall–Kier alpha value is -1.12. The average molecular weight is 304 g/mol. The number of hydrogen-bond donors (Lipinski definition) is 1. The Labute approximate surface area is 117 Å². The molecule has 18 heavy (non-hydrogen) atoms. The van der Waals surface area contributed by atoms with Crippen LogP contribution in [0.3, 0.4) is 0 Å². The largest absolute Gasteiger partial charge is 0.493 e. The molecule has 0 radical (unpaired) electrons. The number of aromatic nitrogens is 3. The van der Waals surface area contributed by atoms with Crippen molar-refractivity contribution in [1.82, 2.24) is 13.7 Å². The van der Waals surface area contributed by atoms with Gasteiger partial charge in [-0.2, -0.15) is 13.7 Å². The van der Waals surface area contributed by atoms with Gasteiger partial charge in [0, 0.05) is 26.2 Å². The lowest BCUT2D eigenvalue weighted by Crippen LogP contribution is -2.46. The van der Waals surface area contributed by atoms with Crippen LogP contribution < -0.4 is 9.80 Å². The normalized spacial score (nSPS) is 16.3. The number of anilines is 2. The van der Waals surface area contributed by atoms with Gasteiger partial charge in [0.15, 0.2) is 16.1 Å². The molecule has 0 amide bonds. The Bertz CT molecular complexity index is 537. The molecule has 1 aliphatic heterocycles. The minimum atomic E-state index is 0.0872. The molecule has 1 aliphatic rings. The number of piperazine rings is 1. The van der Waals surface area contributed by atoms with Gasteiger partial charge in [0.2, 0.25) is 5.88 Å². The number of rotatable bonds is 2. The molecule has 0 atom stereocenters. The van der Waals surface area contributed by atoms with Gasteiger partial charge >= 0.3 is 0 Å². The zero-order valence-corrected chi connectivity index (χ0v) is 11.7. The number of hydrogen-bond acceptors (Lipinski definition) is 8. The van der Waals surface area contributed by atoms with Crippen molar-refractivity contribution in [2.45, 2.75) is 0 Å². The highest BCUT2D eigenvalue weighted by molar-refractivity contribution is 7.13. The first-order chi connectivity index (χ1) is 8.74. The maximum Gasteiger partial charge on any atom is 0.223 e. The third-order valence-electron chi connectivity index (χ3n) is 2.76. The van der Waals surface area contributed by atoms with E-state index in [1.54, 1.807) is 5.38 Å². The van der Waals surface area contributed by atoms with Crippen molar-refractivity contribution in [3.05, 3.63) is 10.5 Å². The minimum Gasteiger partial charge on any atom is -0.493 e. The summed E-state index contributed by atoms with van der Waals surface area (Å²) in [7, 11) is 0. The van der Waals surface area contributed by atoms with E-state index in [4.69, 9.17) is 11.6 Å². The molecule has 0 bridgehead atoms. The second-order valence-corrected chi connectivity index (χ2v) is 5.56. The van der Waals surface area contributed by atoms with Crippen molar-refractivity contribution in [1.29, 1.82) is 0 Å². The van der Waals surface area contributed by atoms with Crippen molar-refractivity contribution in [3.63, 3.8) is 0 Å². The Kier molecular flexibility index (Phi) is 3.23. The van der Waals surface area contributed by atoms with Gasteiger partial charge < -0.3 is 14.9 Å². The first-order valence-electron chi connectivity index (χ1n) is 5.36. The maximum absolute atomic E-state index is 9.25. The summed E-state index contributed by atoms with van der Waals surface area (Å²) < 4.78 is 8.16. The van der Waals surface area contributed by atoms with E-state index in [9.17, 15) is 5.11 Å². The summed E-state index contributed by atoms with van der Waals surface area (Å²) in [5.41, 5.74) is 0. The van der Waals surface area contributed by atoms with Crippen LogP contribution in [0.25, 0.3) is 0 Å². The second-order valence-electron chi connectivity index (χ2n) is 3.84. The molecular weight excluding hydrogens is 294 g/mol. The van der Waals surface area contributed by atoms with E-state index in [-0.39, 0.29) is 5.88 Å². The highest BCUT2D eigenvalue weighted by Crippen LogP contribution is 2.27. The summed E-state index contributed by atoms with van der Waals surface area (Å²) in [6, 6.07) is 0. The standard InChI is InChI=1S/C9H10ClN5OS2/c10-7-8(13-18-12-7)14-1-3-15(4-2-14)9-11-6(16)5-17-9/h5,16H,1-4H2. The Morgan fingerprint density at radius 3 is 2.44 bits per heavy atom. The van der Waals surface area contributed by atoms with Crippen LogP contribution in [0.15, 0.2) is 5.38 Å². The lowest BCUT2D eigenvalue weighted by atomic mass is 10.3. The van der Waals surface area contributed by atoms with Gasteiger partial charge in [0.25, 0.3) is 0 Å². The van der Waals surface area contributed by atoms with E-state index in [1.807, 2.05) is 0 Å². The zero-order valence-electron chi connectivity index (χ0n) is 9.28. The fourth-order valence-corrected chi connectivity index (χ4v) is 3.39. The monoisotopic (exact) mass is 303 g/mol. The van der Waals surface area contributed by atoms with Crippen molar-refractivity contribution < 1.29 is 5.11 Å². The Morgan fingerprint density at radius 1 is 1.17 bits per heavy atom. The molecule has 0 unspecified atom stereocenters.